The standard InChI is InChI=1S/C18H28N2O/c1-3-16-10-17(20(4-2)19-16)11-18(21)14-6-12-5-13(8-14)9-15(18)7-12/h10,12-15,21H,3-9,11H2,1-2H3. The van der Waals surface area contributed by atoms with Gasteiger partial charge in [-0.25, -0.2) is 0 Å². The van der Waals surface area contributed by atoms with E-state index in [4.69, 9.17) is 0 Å². The molecule has 0 amide bonds. The van der Waals surface area contributed by atoms with Crippen LogP contribution in [0.15, 0.2) is 6.07 Å². The molecule has 1 N–H and O–H groups in total. The fourth-order valence-corrected chi connectivity index (χ4v) is 5.68. The number of aryl methyl sites for hydroxylation is 2. The van der Waals surface area contributed by atoms with Crippen LogP contribution >= 0.6 is 0 Å². The quantitative estimate of drug-likeness (QED) is 0.924. The normalized spacial score (nSPS) is 40.9. The third kappa shape index (κ3) is 2.08. The molecule has 0 spiro atoms. The first kappa shape index (κ1) is 13.8. The Kier molecular flexibility index (Phi) is 3.18. The van der Waals surface area contributed by atoms with Crippen molar-refractivity contribution in [2.75, 3.05) is 0 Å². The number of rotatable bonds is 4. The molecule has 5 rings (SSSR count). The van der Waals surface area contributed by atoms with Crippen LogP contribution in [0.25, 0.3) is 0 Å². The van der Waals surface area contributed by atoms with E-state index < -0.39 is 5.60 Å². The van der Waals surface area contributed by atoms with Crippen LogP contribution in [0, 0.1) is 23.7 Å². The van der Waals surface area contributed by atoms with E-state index in [-0.39, 0.29) is 0 Å². The van der Waals surface area contributed by atoms with Crippen molar-refractivity contribution in [2.24, 2.45) is 23.7 Å². The van der Waals surface area contributed by atoms with E-state index in [1.165, 1.54) is 43.5 Å². The topological polar surface area (TPSA) is 38.0 Å². The zero-order valence-electron chi connectivity index (χ0n) is 13.4. The van der Waals surface area contributed by atoms with Crippen LogP contribution in [-0.4, -0.2) is 20.5 Å². The Morgan fingerprint density at radius 1 is 1.14 bits per heavy atom. The lowest BCUT2D eigenvalue weighted by Crippen LogP contribution is -2.58. The molecule has 21 heavy (non-hydrogen) atoms. The summed E-state index contributed by atoms with van der Waals surface area (Å²) >= 11 is 0. The first-order valence-corrected chi connectivity index (χ1v) is 8.90. The van der Waals surface area contributed by atoms with Crippen molar-refractivity contribution in [2.45, 2.75) is 70.9 Å². The largest absolute Gasteiger partial charge is 0.389 e. The molecule has 0 atom stereocenters. The van der Waals surface area contributed by atoms with E-state index >= 15 is 0 Å². The predicted molar refractivity (Wildman–Crippen MR) is 83.0 cm³/mol. The molecule has 0 radical (unpaired) electrons. The van der Waals surface area contributed by atoms with Crippen LogP contribution in [0.3, 0.4) is 0 Å². The summed E-state index contributed by atoms with van der Waals surface area (Å²) in [7, 11) is 0. The van der Waals surface area contributed by atoms with Crippen molar-refractivity contribution in [1.82, 2.24) is 9.78 Å². The van der Waals surface area contributed by atoms with Gasteiger partial charge in [-0.15, -0.1) is 0 Å². The van der Waals surface area contributed by atoms with Crippen LogP contribution in [0.5, 0.6) is 0 Å². The number of aromatic nitrogens is 2. The van der Waals surface area contributed by atoms with Crippen LogP contribution in [0.2, 0.25) is 0 Å². The van der Waals surface area contributed by atoms with Crippen molar-refractivity contribution in [3.63, 3.8) is 0 Å². The molecule has 3 heteroatoms. The molecule has 1 aromatic heterocycles. The third-order valence-corrected chi connectivity index (χ3v) is 6.59. The van der Waals surface area contributed by atoms with Gasteiger partial charge in [0, 0.05) is 18.7 Å². The summed E-state index contributed by atoms with van der Waals surface area (Å²) in [6.07, 6.45) is 8.32. The van der Waals surface area contributed by atoms with Gasteiger partial charge in [0.05, 0.1) is 11.3 Å². The van der Waals surface area contributed by atoms with E-state index in [1.807, 2.05) is 0 Å². The maximum atomic E-state index is 11.5. The Balaban J connectivity index is 1.62. The molecule has 1 heterocycles. The summed E-state index contributed by atoms with van der Waals surface area (Å²) in [5.74, 6) is 2.91. The lowest BCUT2D eigenvalue weighted by molar-refractivity contribution is -0.172. The van der Waals surface area contributed by atoms with E-state index in [9.17, 15) is 5.11 Å². The minimum absolute atomic E-state index is 0.453. The predicted octanol–water partition coefficient (Wildman–Crippen LogP) is 3.20. The molecule has 3 nitrogen and oxygen atoms in total. The third-order valence-electron chi connectivity index (χ3n) is 6.59. The highest BCUT2D eigenvalue weighted by Crippen LogP contribution is 2.59. The van der Waals surface area contributed by atoms with Gasteiger partial charge in [-0.2, -0.15) is 5.10 Å². The summed E-state index contributed by atoms with van der Waals surface area (Å²) < 4.78 is 2.11. The Morgan fingerprint density at radius 3 is 2.29 bits per heavy atom. The van der Waals surface area contributed by atoms with Crippen LogP contribution in [0.4, 0.5) is 0 Å². The Morgan fingerprint density at radius 2 is 1.76 bits per heavy atom. The summed E-state index contributed by atoms with van der Waals surface area (Å²) in [4.78, 5) is 0. The van der Waals surface area contributed by atoms with Gasteiger partial charge in [0.15, 0.2) is 0 Å². The Bertz CT molecular complexity index is 505. The zero-order chi connectivity index (χ0) is 14.6. The van der Waals surface area contributed by atoms with Gasteiger partial charge < -0.3 is 5.11 Å². The molecule has 1 aromatic rings. The van der Waals surface area contributed by atoms with Crippen LogP contribution in [0.1, 0.15) is 57.3 Å². The SMILES string of the molecule is CCc1cc(CC2(O)C3CC4CC(C3)CC2C4)n(CC)n1. The summed E-state index contributed by atoms with van der Waals surface area (Å²) in [6, 6.07) is 2.23. The maximum Gasteiger partial charge on any atom is 0.0759 e. The van der Waals surface area contributed by atoms with Crippen molar-refractivity contribution in [3.05, 3.63) is 17.5 Å². The molecule has 4 aliphatic rings. The van der Waals surface area contributed by atoms with Gasteiger partial charge in [0.1, 0.15) is 0 Å². The molecule has 0 saturated heterocycles. The first-order chi connectivity index (χ1) is 10.1. The lowest BCUT2D eigenvalue weighted by Gasteiger charge is -2.59. The molecular formula is C18H28N2O. The van der Waals surface area contributed by atoms with E-state index in [0.29, 0.717) is 11.8 Å². The number of hydrogen-bond acceptors (Lipinski definition) is 2. The molecule has 4 aliphatic carbocycles. The molecule has 0 aromatic carbocycles. The fourth-order valence-electron chi connectivity index (χ4n) is 5.68. The van der Waals surface area contributed by atoms with Crippen LogP contribution < -0.4 is 0 Å². The molecule has 0 aliphatic heterocycles. The number of nitrogens with zero attached hydrogens (tertiary/aromatic N) is 2. The van der Waals surface area contributed by atoms with Gasteiger partial charge in [0.2, 0.25) is 0 Å². The van der Waals surface area contributed by atoms with Gasteiger partial charge >= 0.3 is 0 Å². The van der Waals surface area contributed by atoms with Crippen molar-refractivity contribution in [1.29, 1.82) is 0 Å². The highest BCUT2D eigenvalue weighted by molar-refractivity contribution is 5.17. The average Bonchev–Trinajstić information content (AvgIpc) is 2.86. The molecular weight excluding hydrogens is 260 g/mol. The second-order valence-electron chi connectivity index (χ2n) is 7.77. The van der Waals surface area contributed by atoms with Gasteiger partial charge in [0.25, 0.3) is 0 Å². The van der Waals surface area contributed by atoms with Crippen LogP contribution in [-0.2, 0) is 19.4 Å². The summed E-state index contributed by atoms with van der Waals surface area (Å²) in [5.41, 5.74) is 1.97. The summed E-state index contributed by atoms with van der Waals surface area (Å²) in [5, 5.41) is 16.2. The second kappa shape index (κ2) is 4.84. The fraction of sp³-hybridized carbons (Fsp3) is 0.833. The second-order valence-corrected chi connectivity index (χ2v) is 7.77. The molecule has 0 unspecified atom stereocenters. The minimum Gasteiger partial charge on any atom is -0.389 e. The summed E-state index contributed by atoms with van der Waals surface area (Å²) in [6.45, 7) is 5.21. The highest BCUT2D eigenvalue weighted by Gasteiger charge is 2.56. The van der Waals surface area contributed by atoms with Crippen molar-refractivity contribution >= 4 is 0 Å². The maximum absolute atomic E-state index is 11.5. The molecule has 116 valence electrons. The van der Waals surface area contributed by atoms with E-state index in [0.717, 1.165) is 31.2 Å². The lowest BCUT2D eigenvalue weighted by atomic mass is 9.49. The zero-order valence-corrected chi connectivity index (χ0v) is 13.4. The Hall–Kier alpha value is -0.830. The van der Waals surface area contributed by atoms with Crippen molar-refractivity contribution in [3.8, 4) is 0 Å². The molecule has 4 fully saturated rings. The Labute approximate surface area is 127 Å². The van der Waals surface area contributed by atoms with E-state index in [2.05, 4.69) is 29.7 Å². The number of hydrogen-bond donors (Lipinski definition) is 1. The smallest absolute Gasteiger partial charge is 0.0759 e. The van der Waals surface area contributed by atoms with Gasteiger partial charge in [-0.1, -0.05) is 6.92 Å². The molecule has 4 bridgehead atoms. The average molecular weight is 288 g/mol. The molecule has 4 saturated carbocycles. The number of aliphatic hydroxyl groups is 1. The first-order valence-electron chi connectivity index (χ1n) is 8.90. The van der Waals surface area contributed by atoms with Gasteiger partial charge in [-0.05, 0) is 75.2 Å². The van der Waals surface area contributed by atoms with E-state index in [1.54, 1.807) is 0 Å². The minimum atomic E-state index is -0.453. The van der Waals surface area contributed by atoms with Gasteiger partial charge in [-0.3, -0.25) is 4.68 Å². The highest BCUT2D eigenvalue weighted by atomic mass is 16.3. The monoisotopic (exact) mass is 288 g/mol. The van der Waals surface area contributed by atoms with Crippen molar-refractivity contribution < 1.29 is 5.11 Å².